The Balaban J connectivity index is 1.39. The zero-order valence-corrected chi connectivity index (χ0v) is 21.2. The normalized spacial score (nSPS) is 16.4. The van der Waals surface area contributed by atoms with Gasteiger partial charge in [0.1, 0.15) is 17.7 Å². The van der Waals surface area contributed by atoms with Crippen molar-refractivity contribution in [3.8, 4) is 5.69 Å². The summed E-state index contributed by atoms with van der Waals surface area (Å²) in [6.07, 6.45) is 4.70. The van der Waals surface area contributed by atoms with Gasteiger partial charge >= 0.3 is 6.09 Å². The van der Waals surface area contributed by atoms with Crippen LogP contribution in [0.15, 0.2) is 53.8 Å². The number of nitrogens with one attached hydrogen (secondary N) is 2. The van der Waals surface area contributed by atoms with Gasteiger partial charge in [-0.3, -0.25) is 0 Å². The molecule has 1 aliphatic heterocycles. The molecule has 1 fully saturated rings. The number of pyridine rings is 1. The van der Waals surface area contributed by atoms with Crippen LogP contribution in [-0.2, 0) is 14.8 Å². The third-order valence-corrected chi connectivity index (χ3v) is 6.29. The average Bonchev–Trinajstić information content (AvgIpc) is 3.27. The molecule has 3 aromatic rings. The quantitative estimate of drug-likeness (QED) is 0.450. The Morgan fingerprint density at radius 3 is 2.61 bits per heavy atom. The molecule has 36 heavy (non-hydrogen) atoms. The fourth-order valence-electron chi connectivity index (χ4n) is 3.74. The fourth-order valence-corrected chi connectivity index (χ4v) is 4.25. The van der Waals surface area contributed by atoms with Crippen LogP contribution in [0.1, 0.15) is 33.6 Å². The van der Waals surface area contributed by atoms with Crippen molar-refractivity contribution in [1.29, 1.82) is 0 Å². The van der Waals surface area contributed by atoms with Crippen molar-refractivity contribution >= 4 is 33.6 Å². The zero-order chi connectivity index (χ0) is 25.9. The van der Waals surface area contributed by atoms with Crippen LogP contribution in [0, 0.1) is 0 Å². The number of amides is 1. The number of carbonyl (C=O) groups excluding carboxylic acids is 1. The molecule has 1 amide bonds. The maximum Gasteiger partial charge on any atom is 0.410 e. The summed E-state index contributed by atoms with van der Waals surface area (Å²) in [4.78, 5) is 22.9. The fraction of sp³-hybridized carbons (Fsp3) is 0.391. The number of carbonyl (C=O) groups is 1. The number of anilines is 3. The van der Waals surface area contributed by atoms with Crippen LogP contribution in [0.25, 0.3) is 5.69 Å². The summed E-state index contributed by atoms with van der Waals surface area (Å²) < 4.78 is 29.9. The first-order valence-electron chi connectivity index (χ1n) is 11.5. The molecule has 0 spiro atoms. The summed E-state index contributed by atoms with van der Waals surface area (Å²) in [5, 5.41) is 16.0. The molecule has 1 aliphatic rings. The molecule has 12 nitrogen and oxygen atoms in total. The molecule has 0 unspecified atom stereocenters. The predicted octanol–water partition coefficient (Wildman–Crippen LogP) is 2.86. The number of hydrogen-bond acceptors (Lipinski definition) is 9. The van der Waals surface area contributed by atoms with E-state index in [-0.39, 0.29) is 17.0 Å². The molecule has 4 rings (SSSR count). The van der Waals surface area contributed by atoms with Crippen molar-refractivity contribution in [2.75, 3.05) is 23.7 Å². The number of primary sulfonamides is 1. The highest BCUT2D eigenvalue weighted by Crippen LogP contribution is 2.20. The van der Waals surface area contributed by atoms with E-state index < -0.39 is 15.6 Å². The van der Waals surface area contributed by atoms with Crippen LogP contribution in [0.4, 0.5) is 22.2 Å². The maximum atomic E-state index is 12.4. The third kappa shape index (κ3) is 6.70. The number of rotatable bonds is 6. The highest BCUT2D eigenvalue weighted by Gasteiger charge is 2.27. The highest BCUT2D eigenvalue weighted by atomic mass is 32.2. The Bertz CT molecular complexity index is 1320. The van der Waals surface area contributed by atoms with Crippen LogP contribution >= 0.6 is 0 Å². The van der Waals surface area contributed by atoms with E-state index in [1.54, 1.807) is 40.3 Å². The Kier molecular flexibility index (Phi) is 7.13. The number of benzene rings is 1. The number of ether oxygens (including phenoxy) is 1. The molecule has 0 radical (unpaired) electrons. The number of nitrogens with zero attached hydrogens (tertiary/aromatic N) is 5. The van der Waals surface area contributed by atoms with Gasteiger partial charge in [-0.1, -0.05) is 0 Å². The number of sulfonamides is 1. The minimum atomic E-state index is -3.75. The van der Waals surface area contributed by atoms with E-state index in [9.17, 15) is 13.2 Å². The summed E-state index contributed by atoms with van der Waals surface area (Å²) in [5.74, 6) is 0.997. The topological polar surface area (TPSA) is 157 Å². The van der Waals surface area contributed by atoms with Gasteiger partial charge in [0, 0.05) is 37.1 Å². The number of hydrogen-bond donors (Lipinski definition) is 3. The summed E-state index contributed by atoms with van der Waals surface area (Å²) in [5.41, 5.74) is 0.828. The lowest BCUT2D eigenvalue weighted by molar-refractivity contribution is 0.0206. The predicted molar refractivity (Wildman–Crippen MR) is 135 cm³/mol. The minimum absolute atomic E-state index is 0.0236. The van der Waals surface area contributed by atoms with Crippen LogP contribution < -0.4 is 15.8 Å². The molecular weight excluding hydrogens is 484 g/mol. The lowest BCUT2D eigenvalue weighted by Crippen LogP contribution is -2.47. The largest absolute Gasteiger partial charge is 0.444 e. The minimum Gasteiger partial charge on any atom is -0.444 e. The van der Waals surface area contributed by atoms with Gasteiger partial charge in [0.15, 0.2) is 0 Å². The molecule has 2 aromatic heterocycles. The molecule has 0 bridgehead atoms. The maximum absolute atomic E-state index is 12.4. The first kappa shape index (κ1) is 25.4. The number of piperidine rings is 1. The van der Waals surface area contributed by atoms with Gasteiger partial charge in [-0.25, -0.2) is 28.0 Å². The van der Waals surface area contributed by atoms with E-state index in [1.165, 1.54) is 12.1 Å². The van der Waals surface area contributed by atoms with E-state index in [0.717, 1.165) is 18.5 Å². The first-order chi connectivity index (χ1) is 17.0. The van der Waals surface area contributed by atoms with Crippen molar-refractivity contribution in [1.82, 2.24) is 24.6 Å². The molecule has 1 atom stereocenters. The number of nitrogens with two attached hydrogens (primary N) is 1. The van der Waals surface area contributed by atoms with E-state index in [2.05, 4.69) is 25.7 Å². The summed E-state index contributed by atoms with van der Waals surface area (Å²) in [7, 11) is -3.75. The number of aromatic nitrogens is 4. The molecule has 0 saturated carbocycles. The Hall–Kier alpha value is -3.71. The lowest BCUT2D eigenvalue weighted by atomic mass is 10.1. The van der Waals surface area contributed by atoms with Gasteiger partial charge in [-0.2, -0.15) is 4.98 Å². The molecule has 4 N–H and O–H groups in total. The summed E-state index contributed by atoms with van der Waals surface area (Å²) >= 11 is 0. The second-order valence-electron chi connectivity index (χ2n) is 9.52. The van der Waals surface area contributed by atoms with Crippen molar-refractivity contribution in [2.24, 2.45) is 5.14 Å². The van der Waals surface area contributed by atoms with Crippen LogP contribution in [0.3, 0.4) is 0 Å². The van der Waals surface area contributed by atoms with E-state index in [4.69, 9.17) is 9.88 Å². The van der Waals surface area contributed by atoms with Gasteiger partial charge in [-0.05, 0) is 63.9 Å². The van der Waals surface area contributed by atoms with Crippen LogP contribution in [0.5, 0.6) is 0 Å². The summed E-state index contributed by atoms with van der Waals surface area (Å²) in [6.45, 7) is 6.77. The van der Waals surface area contributed by atoms with Crippen molar-refractivity contribution < 1.29 is 17.9 Å². The Morgan fingerprint density at radius 1 is 1.17 bits per heavy atom. The zero-order valence-electron chi connectivity index (χ0n) is 20.4. The van der Waals surface area contributed by atoms with E-state index in [0.29, 0.717) is 30.5 Å². The smallest absolute Gasteiger partial charge is 0.410 e. The Labute approximate surface area is 209 Å². The molecule has 3 heterocycles. The molecule has 192 valence electrons. The SMILES string of the molecule is CC(C)(C)OC(=O)N1CCC[C@H](Nc2cc(-n3cnc(Nc4ccc(S(N)(=O)=O)cc4)n3)ccn2)C1. The van der Waals surface area contributed by atoms with E-state index in [1.807, 2.05) is 26.8 Å². The van der Waals surface area contributed by atoms with Gasteiger partial charge in [0.25, 0.3) is 0 Å². The third-order valence-electron chi connectivity index (χ3n) is 5.36. The first-order valence-corrected chi connectivity index (χ1v) is 13.0. The second kappa shape index (κ2) is 10.1. The van der Waals surface area contributed by atoms with Gasteiger partial charge in [-0.15, -0.1) is 5.10 Å². The lowest BCUT2D eigenvalue weighted by Gasteiger charge is -2.34. The van der Waals surface area contributed by atoms with E-state index >= 15 is 0 Å². The highest BCUT2D eigenvalue weighted by molar-refractivity contribution is 7.89. The van der Waals surface area contributed by atoms with Gasteiger partial charge < -0.3 is 20.3 Å². The second-order valence-corrected chi connectivity index (χ2v) is 11.1. The van der Waals surface area contributed by atoms with Crippen LogP contribution in [-0.4, -0.2) is 63.9 Å². The number of likely N-dealkylation sites (tertiary alicyclic amines) is 1. The molecule has 13 heteroatoms. The molecule has 1 aromatic carbocycles. The standard InChI is InChI=1S/C23H30N8O4S/c1-23(2,3)35-22(32)30-12-4-5-17(14-30)27-20-13-18(10-11-25-20)31-15-26-21(29-31)28-16-6-8-19(9-7-16)36(24,33)34/h6-11,13,15,17H,4-5,12,14H2,1-3H3,(H,25,27)(H,28,29)(H2,24,33,34)/t17-/m0/s1. The average molecular weight is 515 g/mol. The van der Waals surface area contributed by atoms with Gasteiger partial charge in [0.05, 0.1) is 10.6 Å². The van der Waals surface area contributed by atoms with Crippen molar-refractivity contribution in [2.45, 2.75) is 50.2 Å². The monoisotopic (exact) mass is 514 g/mol. The Morgan fingerprint density at radius 2 is 1.92 bits per heavy atom. The van der Waals surface area contributed by atoms with Crippen molar-refractivity contribution in [3.05, 3.63) is 48.9 Å². The molecule has 0 aliphatic carbocycles. The van der Waals surface area contributed by atoms with Crippen LogP contribution in [0.2, 0.25) is 0 Å². The summed E-state index contributed by atoms with van der Waals surface area (Å²) in [6, 6.07) is 9.68. The van der Waals surface area contributed by atoms with Crippen molar-refractivity contribution in [3.63, 3.8) is 0 Å². The van der Waals surface area contributed by atoms with Gasteiger partial charge in [0.2, 0.25) is 16.0 Å². The molecule has 1 saturated heterocycles. The molecular formula is C23H30N8O4S.